The number of nitrogens with zero attached hydrogens (tertiary/aromatic N) is 1. The number of alkyl halides is 3. The topological polar surface area (TPSA) is 39.2 Å². The van der Waals surface area contributed by atoms with Crippen LogP contribution in [0.15, 0.2) is 12.3 Å². The number of carbonyl (C=O) groups is 1. The molecule has 3 nitrogen and oxygen atoms in total. The zero-order valence-corrected chi connectivity index (χ0v) is 8.05. The molecule has 0 atom stereocenters. The number of carbonyl (C=O) groups excluding carboxylic acids is 1. The number of Topliss-reactive ketones (excluding diaryl/α,β-unsaturated/α-hetero) is 1. The van der Waals surface area contributed by atoms with E-state index < -0.39 is 17.5 Å². The fourth-order valence-electron chi connectivity index (χ4n) is 1.12. The molecule has 0 N–H and O–H groups in total. The van der Waals surface area contributed by atoms with E-state index in [9.17, 15) is 18.0 Å². The molecule has 0 aliphatic rings. The Balaban J connectivity index is 3.22. The molecule has 0 bridgehead atoms. The van der Waals surface area contributed by atoms with Gasteiger partial charge in [0.25, 0.3) is 5.78 Å². The van der Waals surface area contributed by atoms with Crippen molar-refractivity contribution in [1.82, 2.24) is 4.98 Å². The van der Waals surface area contributed by atoms with Gasteiger partial charge in [-0.25, -0.2) is 4.98 Å². The molecule has 1 heterocycles. The summed E-state index contributed by atoms with van der Waals surface area (Å²) in [6.45, 7) is 1.35. The monoisotopic (exact) mass is 219 g/mol. The van der Waals surface area contributed by atoms with Crippen molar-refractivity contribution in [3.63, 3.8) is 0 Å². The molecule has 0 aliphatic heterocycles. The first-order valence-corrected chi connectivity index (χ1v) is 3.99. The summed E-state index contributed by atoms with van der Waals surface area (Å²) in [6.07, 6.45) is -3.78. The Morgan fingerprint density at radius 2 is 2.07 bits per heavy atom. The van der Waals surface area contributed by atoms with Crippen LogP contribution < -0.4 is 4.74 Å². The summed E-state index contributed by atoms with van der Waals surface area (Å²) < 4.78 is 41.1. The summed E-state index contributed by atoms with van der Waals surface area (Å²) in [4.78, 5) is 14.6. The lowest BCUT2D eigenvalue weighted by Crippen LogP contribution is -2.23. The highest BCUT2D eigenvalue weighted by Gasteiger charge is 2.40. The van der Waals surface area contributed by atoms with Gasteiger partial charge >= 0.3 is 6.18 Å². The van der Waals surface area contributed by atoms with Gasteiger partial charge in [-0.05, 0) is 13.0 Å². The molecule has 0 saturated heterocycles. The van der Waals surface area contributed by atoms with Gasteiger partial charge in [0, 0.05) is 17.3 Å². The maximum absolute atomic E-state index is 12.1. The number of hydrogen-bond acceptors (Lipinski definition) is 3. The SMILES string of the molecule is COc1nccc(C(=O)C(F)(F)F)c1C. The summed E-state index contributed by atoms with van der Waals surface area (Å²) in [5, 5.41) is 0. The molecule has 0 aliphatic carbocycles. The van der Waals surface area contributed by atoms with Crippen molar-refractivity contribution in [1.29, 1.82) is 0 Å². The number of aromatic nitrogens is 1. The van der Waals surface area contributed by atoms with Crippen LogP contribution in [-0.4, -0.2) is 24.1 Å². The van der Waals surface area contributed by atoms with E-state index in [0.29, 0.717) is 0 Å². The Kier molecular flexibility index (Phi) is 2.97. The second kappa shape index (κ2) is 3.88. The molecule has 15 heavy (non-hydrogen) atoms. The summed E-state index contributed by atoms with van der Waals surface area (Å²) in [7, 11) is 1.27. The predicted molar refractivity (Wildman–Crippen MR) is 45.9 cm³/mol. The smallest absolute Gasteiger partial charge is 0.454 e. The first-order chi connectivity index (χ1) is 6.88. The Morgan fingerprint density at radius 1 is 1.47 bits per heavy atom. The molecule has 0 saturated carbocycles. The zero-order chi connectivity index (χ0) is 11.6. The van der Waals surface area contributed by atoms with Gasteiger partial charge in [-0.2, -0.15) is 13.2 Å². The number of pyridine rings is 1. The zero-order valence-electron chi connectivity index (χ0n) is 8.05. The number of halogens is 3. The summed E-state index contributed by atoms with van der Waals surface area (Å²) in [6, 6.07) is 1.02. The average Bonchev–Trinajstić information content (AvgIpc) is 2.16. The molecule has 1 rings (SSSR count). The molecular formula is C9H8F3NO2. The molecule has 0 radical (unpaired) electrons. The van der Waals surface area contributed by atoms with E-state index in [2.05, 4.69) is 4.98 Å². The van der Waals surface area contributed by atoms with Gasteiger partial charge in [-0.1, -0.05) is 0 Å². The third-order valence-electron chi connectivity index (χ3n) is 1.85. The molecule has 0 aromatic carbocycles. The predicted octanol–water partition coefficient (Wildman–Crippen LogP) is 2.14. The third kappa shape index (κ3) is 2.26. The lowest BCUT2D eigenvalue weighted by atomic mass is 10.1. The van der Waals surface area contributed by atoms with Crippen LogP contribution in [0.1, 0.15) is 15.9 Å². The lowest BCUT2D eigenvalue weighted by molar-refractivity contribution is -0.0885. The van der Waals surface area contributed by atoms with E-state index in [1.165, 1.54) is 14.0 Å². The molecule has 0 fully saturated rings. The van der Waals surface area contributed by atoms with Crippen LogP contribution in [-0.2, 0) is 0 Å². The number of ether oxygens (including phenoxy) is 1. The van der Waals surface area contributed by atoms with E-state index in [4.69, 9.17) is 4.74 Å². The van der Waals surface area contributed by atoms with Crippen molar-refractivity contribution in [2.75, 3.05) is 7.11 Å². The molecule has 82 valence electrons. The standard InChI is InChI=1S/C9H8F3NO2/c1-5-6(7(14)9(10,11)12)3-4-13-8(5)15-2/h3-4H,1-2H3. The Bertz CT molecular complexity index is 387. The van der Waals surface area contributed by atoms with Crippen molar-refractivity contribution in [3.05, 3.63) is 23.4 Å². The Morgan fingerprint density at radius 3 is 2.53 bits per heavy atom. The summed E-state index contributed by atoms with van der Waals surface area (Å²) >= 11 is 0. The Labute approximate surface area is 83.9 Å². The van der Waals surface area contributed by atoms with Crippen molar-refractivity contribution in [2.24, 2.45) is 0 Å². The van der Waals surface area contributed by atoms with Crippen LogP contribution in [0.3, 0.4) is 0 Å². The molecule has 0 spiro atoms. The quantitative estimate of drug-likeness (QED) is 0.715. The lowest BCUT2D eigenvalue weighted by Gasteiger charge is -2.09. The van der Waals surface area contributed by atoms with E-state index >= 15 is 0 Å². The number of hydrogen-bond donors (Lipinski definition) is 0. The van der Waals surface area contributed by atoms with Gasteiger partial charge in [0.15, 0.2) is 0 Å². The minimum Gasteiger partial charge on any atom is -0.481 e. The summed E-state index contributed by atoms with van der Waals surface area (Å²) in [5.41, 5.74) is -0.350. The van der Waals surface area contributed by atoms with Gasteiger partial charge in [-0.3, -0.25) is 4.79 Å². The highest BCUT2D eigenvalue weighted by molar-refractivity contribution is 6.01. The fraction of sp³-hybridized carbons (Fsp3) is 0.333. The molecule has 6 heteroatoms. The highest BCUT2D eigenvalue weighted by atomic mass is 19.4. The molecule has 0 unspecified atom stereocenters. The van der Waals surface area contributed by atoms with Crippen LogP contribution >= 0.6 is 0 Å². The van der Waals surface area contributed by atoms with Crippen LogP contribution in [0.5, 0.6) is 5.88 Å². The fourth-order valence-corrected chi connectivity index (χ4v) is 1.12. The third-order valence-corrected chi connectivity index (χ3v) is 1.85. The maximum atomic E-state index is 12.1. The normalized spacial score (nSPS) is 11.3. The van der Waals surface area contributed by atoms with Crippen LogP contribution in [0.4, 0.5) is 13.2 Å². The molecule has 1 aromatic rings. The second-order valence-electron chi connectivity index (χ2n) is 2.82. The number of rotatable bonds is 2. The van der Waals surface area contributed by atoms with Crippen molar-refractivity contribution < 1.29 is 22.7 Å². The first kappa shape index (κ1) is 11.5. The van der Waals surface area contributed by atoms with Gasteiger partial charge in [0.2, 0.25) is 5.88 Å². The van der Waals surface area contributed by atoms with E-state index in [1.807, 2.05) is 0 Å². The largest absolute Gasteiger partial charge is 0.481 e. The molecular weight excluding hydrogens is 211 g/mol. The van der Waals surface area contributed by atoms with Gasteiger partial charge in [0.05, 0.1) is 7.11 Å². The van der Waals surface area contributed by atoms with Crippen LogP contribution in [0, 0.1) is 6.92 Å². The number of methoxy groups -OCH3 is 1. The van der Waals surface area contributed by atoms with Crippen molar-refractivity contribution in [2.45, 2.75) is 13.1 Å². The average molecular weight is 219 g/mol. The molecule has 0 amide bonds. The van der Waals surface area contributed by atoms with Crippen molar-refractivity contribution in [3.8, 4) is 5.88 Å². The van der Waals surface area contributed by atoms with Crippen LogP contribution in [0.25, 0.3) is 0 Å². The summed E-state index contributed by atoms with van der Waals surface area (Å²) in [5.74, 6) is -1.87. The highest BCUT2D eigenvalue weighted by Crippen LogP contribution is 2.26. The maximum Gasteiger partial charge on any atom is 0.454 e. The van der Waals surface area contributed by atoms with Gasteiger partial charge in [-0.15, -0.1) is 0 Å². The Hall–Kier alpha value is -1.59. The van der Waals surface area contributed by atoms with Gasteiger partial charge in [0.1, 0.15) is 0 Å². The minimum absolute atomic E-state index is 0.0186. The minimum atomic E-state index is -4.88. The van der Waals surface area contributed by atoms with E-state index in [1.54, 1.807) is 0 Å². The number of ketones is 1. The van der Waals surface area contributed by atoms with E-state index in [-0.39, 0.29) is 11.4 Å². The first-order valence-electron chi connectivity index (χ1n) is 3.99. The van der Waals surface area contributed by atoms with Gasteiger partial charge < -0.3 is 4.74 Å². The van der Waals surface area contributed by atoms with Crippen molar-refractivity contribution >= 4 is 5.78 Å². The second-order valence-corrected chi connectivity index (χ2v) is 2.82. The molecule has 1 aromatic heterocycles. The van der Waals surface area contributed by atoms with E-state index in [0.717, 1.165) is 12.3 Å². The van der Waals surface area contributed by atoms with Crippen LogP contribution in [0.2, 0.25) is 0 Å².